The van der Waals surface area contributed by atoms with Gasteiger partial charge in [0.25, 0.3) is 0 Å². The van der Waals surface area contributed by atoms with Crippen molar-refractivity contribution in [1.29, 1.82) is 0 Å². The summed E-state index contributed by atoms with van der Waals surface area (Å²) in [5.74, 6) is -2.39. The lowest BCUT2D eigenvalue weighted by molar-refractivity contribution is -0.135. The van der Waals surface area contributed by atoms with E-state index in [0.717, 1.165) is 0 Å². The third kappa shape index (κ3) is 5.30. The smallest absolute Gasteiger partial charge is 0.331 e. The molecule has 0 atom stereocenters. The zero-order valence-electron chi connectivity index (χ0n) is 8.43. The molecule has 1 heterocycles. The number of aliphatic carboxylic acids is 2. The Morgan fingerprint density at radius 1 is 0.933 bits per heavy atom. The summed E-state index contributed by atoms with van der Waals surface area (Å²) < 4.78 is 4.58. The molecule has 1 aromatic heterocycles. The van der Waals surface area contributed by atoms with Crippen LogP contribution in [0, 0.1) is 0 Å². The lowest BCUT2D eigenvalue weighted by Crippen LogP contribution is -2.06. The molecule has 0 spiro atoms. The highest BCUT2D eigenvalue weighted by Crippen LogP contribution is 2.02. The van der Waals surface area contributed by atoms with Crippen LogP contribution in [0.4, 0.5) is 0 Å². The lowest BCUT2D eigenvalue weighted by atomic mass is 10.1. The number of rotatable bonds is 2. The van der Waals surface area contributed by atoms with Crippen molar-refractivity contribution in [2.24, 2.45) is 0 Å². The first-order valence-electron chi connectivity index (χ1n) is 4.08. The van der Waals surface area contributed by atoms with E-state index in [0.29, 0.717) is 0 Å². The molecule has 2 N–H and O–H groups in total. The fourth-order valence-electron chi connectivity index (χ4n) is 0.548. The third-order valence-corrected chi connectivity index (χ3v) is 1.63. The van der Waals surface area contributed by atoms with Crippen molar-refractivity contribution in [1.82, 2.24) is 0 Å². The first-order valence-corrected chi connectivity index (χ1v) is 4.08. The lowest BCUT2D eigenvalue weighted by Gasteiger charge is -1.95. The molecule has 82 valence electrons. The van der Waals surface area contributed by atoms with E-state index in [9.17, 15) is 9.59 Å². The Hall–Kier alpha value is -2.04. The molecule has 0 unspecified atom stereocenters. The van der Waals surface area contributed by atoms with Crippen LogP contribution in [0.3, 0.4) is 0 Å². The van der Waals surface area contributed by atoms with E-state index in [1.807, 2.05) is 12.1 Å². The molecule has 1 aromatic rings. The van der Waals surface area contributed by atoms with Crippen molar-refractivity contribution in [3.63, 3.8) is 0 Å². The molecule has 0 saturated carbocycles. The third-order valence-electron chi connectivity index (χ3n) is 1.63. The zero-order valence-corrected chi connectivity index (χ0v) is 8.43. The van der Waals surface area contributed by atoms with Gasteiger partial charge in [-0.05, 0) is 26.0 Å². The molecular weight excluding hydrogens is 200 g/mol. The minimum absolute atomic E-state index is 0.132. The molecule has 0 radical (unpaired) electrons. The number of hydrogen-bond acceptors (Lipinski definition) is 3. The highest BCUT2D eigenvalue weighted by Gasteiger charge is 2.09. The van der Waals surface area contributed by atoms with E-state index in [2.05, 4.69) is 4.42 Å². The first-order chi connectivity index (χ1) is 6.96. The Balaban J connectivity index is 0.000000322. The van der Waals surface area contributed by atoms with Crippen LogP contribution >= 0.6 is 0 Å². The molecule has 0 amide bonds. The molecule has 0 aliphatic heterocycles. The van der Waals surface area contributed by atoms with Gasteiger partial charge in [-0.3, -0.25) is 0 Å². The molecule has 1 rings (SSSR count). The van der Waals surface area contributed by atoms with Crippen molar-refractivity contribution < 1.29 is 24.2 Å². The minimum Gasteiger partial charge on any atom is -0.478 e. The van der Waals surface area contributed by atoms with E-state index in [1.165, 1.54) is 13.8 Å². The van der Waals surface area contributed by atoms with Gasteiger partial charge in [-0.25, -0.2) is 9.59 Å². The van der Waals surface area contributed by atoms with Crippen LogP contribution < -0.4 is 0 Å². The molecular formula is C10H12O5. The average Bonchev–Trinajstić information content (AvgIpc) is 2.73. The van der Waals surface area contributed by atoms with Crippen molar-refractivity contribution in [2.75, 3.05) is 0 Å². The molecule has 5 heteroatoms. The predicted molar refractivity (Wildman–Crippen MR) is 52.4 cm³/mol. The average molecular weight is 212 g/mol. The second kappa shape index (κ2) is 6.42. The highest BCUT2D eigenvalue weighted by atomic mass is 16.4. The molecule has 15 heavy (non-hydrogen) atoms. The first kappa shape index (κ1) is 13.0. The van der Waals surface area contributed by atoms with Gasteiger partial charge >= 0.3 is 11.9 Å². The van der Waals surface area contributed by atoms with Crippen LogP contribution in [0.1, 0.15) is 13.8 Å². The molecule has 0 bridgehead atoms. The summed E-state index contributed by atoms with van der Waals surface area (Å²) in [6, 6.07) is 3.67. The van der Waals surface area contributed by atoms with Gasteiger partial charge in [0.2, 0.25) is 0 Å². The van der Waals surface area contributed by atoms with Crippen LogP contribution in [-0.2, 0) is 9.59 Å². The minimum atomic E-state index is -1.19. The Morgan fingerprint density at radius 3 is 1.40 bits per heavy atom. The summed E-state index contributed by atoms with van der Waals surface area (Å²) in [4.78, 5) is 20.2. The van der Waals surface area contributed by atoms with Crippen LogP contribution in [-0.4, -0.2) is 22.2 Å². The number of carboxylic acid groups (broad SMARTS) is 2. The van der Waals surface area contributed by atoms with Gasteiger partial charge in [-0.1, -0.05) is 0 Å². The summed E-state index contributed by atoms with van der Waals surface area (Å²) in [5.41, 5.74) is -0.264. The van der Waals surface area contributed by atoms with E-state index < -0.39 is 11.9 Å². The summed E-state index contributed by atoms with van der Waals surface area (Å²) in [7, 11) is 0. The van der Waals surface area contributed by atoms with E-state index in [-0.39, 0.29) is 11.1 Å². The fourth-order valence-corrected chi connectivity index (χ4v) is 0.548. The SMILES string of the molecule is C/C(C(=O)O)=C(\C)C(=O)O.c1ccoc1. The zero-order chi connectivity index (χ0) is 11.8. The van der Waals surface area contributed by atoms with Crippen molar-refractivity contribution in [3.8, 4) is 0 Å². The fraction of sp³-hybridized carbons (Fsp3) is 0.200. The molecule has 0 saturated heterocycles. The maximum atomic E-state index is 10.1. The monoisotopic (exact) mass is 212 g/mol. The number of furan rings is 1. The number of carboxylic acids is 2. The maximum absolute atomic E-state index is 10.1. The van der Waals surface area contributed by atoms with Gasteiger partial charge in [0, 0.05) is 11.1 Å². The van der Waals surface area contributed by atoms with Crippen LogP contribution in [0.2, 0.25) is 0 Å². The van der Waals surface area contributed by atoms with Gasteiger partial charge in [-0.2, -0.15) is 0 Å². The van der Waals surface area contributed by atoms with E-state index in [4.69, 9.17) is 10.2 Å². The van der Waals surface area contributed by atoms with E-state index >= 15 is 0 Å². The topological polar surface area (TPSA) is 87.7 Å². The molecule has 0 fully saturated rings. The van der Waals surface area contributed by atoms with Gasteiger partial charge in [0.15, 0.2) is 0 Å². The summed E-state index contributed by atoms with van der Waals surface area (Å²) in [5, 5.41) is 16.6. The molecule has 0 aliphatic carbocycles. The molecule has 0 aromatic carbocycles. The Labute approximate surface area is 86.6 Å². The molecule has 0 aliphatic rings. The number of carbonyl (C=O) groups is 2. The second-order valence-corrected chi connectivity index (χ2v) is 2.65. The van der Waals surface area contributed by atoms with Gasteiger partial charge < -0.3 is 14.6 Å². The second-order valence-electron chi connectivity index (χ2n) is 2.65. The summed E-state index contributed by atoms with van der Waals surface area (Å²) in [6.45, 7) is 2.51. The Kier molecular flexibility index (Phi) is 5.55. The Morgan fingerprint density at radius 2 is 1.27 bits per heavy atom. The quantitative estimate of drug-likeness (QED) is 0.729. The summed E-state index contributed by atoms with van der Waals surface area (Å²) >= 11 is 0. The largest absolute Gasteiger partial charge is 0.478 e. The van der Waals surface area contributed by atoms with Crippen LogP contribution in [0.25, 0.3) is 0 Å². The Bertz CT molecular complexity index is 309. The van der Waals surface area contributed by atoms with E-state index in [1.54, 1.807) is 12.5 Å². The normalized spacial score (nSPS) is 10.8. The van der Waals surface area contributed by atoms with Crippen LogP contribution in [0.5, 0.6) is 0 Å². The predicted octanol–water partition coefficient (Wildman–Crippen LogP) is 1.77. The number of hydrogen-bond donors (Lipinski definition) is 2. The van der Waals surface area contributed by atoms with Gasteiger partial charge in [0.1, 0.15) is 0 Å². The van der Waals surface area contributed by atoms with Crippen molar-refractivity contribution in [3.05, 3.63) is 35.8 Å². The van der Waals surface area contributed by atoms with Crippen LogP contribution in [0.15, 0.2) is 40.2 Å². The van der Waals surface area contributed by atoms with Gasteiger partial charge in [0.05, 0.1) is 12.5 Å². The van der Waals surface area contributed by atoms with Crippen molar-refractivity contribution in [2.45, 2.75) is 13.8 Å². The van der Waals surface area contributed by atoms with Gasteiger partial charge in [-0.15, -0.1) is 0 Å². The maximum Gasteiger partial charge on any atom is 0.331 e. The highest BCUT2D eigenvalue weighted by molar-refractivity contribution is 5.97. The standard InChI is InChI=1S/C6H8O4.C4H4O/c1-3(5(7)8)4(2)6(9)10;1-2-4-5-3-1/h1-2H3,(H,7,8)(H,9,10);1-4H/b4-3-;. The summed E-state index contributed by atoms with van der Waals surface area (Å²) in [6.07, 6.45) is 3.25. The van der Waals surface area contributed by atoms with Crippen molar-refractivity contribution >= 4 is 11.9 Å². The molecule has 5 nitrogen and oxygen atoms in total.